The molecule has 6 aromatic rings. The van der Waals surface area contributed by atoms with E-state index in [0.29, 0.717) is 18.7 Å². The van der Waals surface area contributed by atoms with Crippen LogP contribution in [0.15, 0.2) is 91.8 Å². The SMILES string of the molecule is O=C(NCCc1cnc[nH]1)c1cncn1-c1cccc(-c2cccc3c2sc2ccccc23)c1. The van der Waals surface area contributed by atoms with E-state index in [1.807, 2.05) is 28.0 Å². The van der Waals surface area contributed by atoms with Gasteiger partial charge in [-0.1, -0.05) is 48.5 Å². The second kappa shape index (κ2) is 8.61. The van der Waals surface area contributed by atoms with Crippen LogP contribution in [0.3, 0.4) is 0 Å². The minimum atomic E-state index is -0.158. The summed E-state index contributed by atoms with van der Waals surface area (Å²) in [4.78, 5) is 24.2. The number of fused-ring (bicyclic) bond motifs is 3. The van der Waals surface area contributed by atoms with Gasteiger partial charge in [-0.25, -0.2) is 9.97 Å². The first-order chi connectivity index (χ1) is 16.8. The van der Waals surface area contributed by atoms with Crippen molar-refractivity contribution < 1.29 is 4.79 Å². The third-order valence-corrected chi connectivity index (χ3v) is 7.17. The molecule has 6 nitrogen and oxygen atoms in total. The lowest BCUT2D eigenvalue weighted by atomic mass is 10.0. The number of carbonyl (C=O) groups excluding carboxylic acids is 1. The first kappa shape index (κ1) is 20.4. The number of aromatic nitrogens is 4. The molecule has 166 valence electrons. The summed E-state index contributed by atoms with van der Waals surface area (Å²) in [6.07, 6.45) is 7.37. The van der Waals surface area contributed by atoms with Gasteiger partial charge < -0.3 is 10.3 Å². The summed E-state index contributed by atoms with van der Waals surface area (Å²) in [5, 5.41) is 5.52. The number of H-pyrrole nitrogens is 1. The van der Waals surface area contributed by atoms with E-state index >= 15 is 0 Å². The van der Waals surface area contributed by atoms with Crippen molar-refractivity contribution in [1.82, 2.24) is 24.8 Å². The molecule has 3 aromatic carbocycles. The highest BCUT2D eigenvalue weighted by molar-refractivity contribution is 7.26. The second-order valence-corrected chi connectivity index (χ2v) is 9.11. The van der Waals surface area contributed by atoms with Gasteiger partial charge in [0.15, 0.2) is 0 Å². The molecule has 3 heterocycles. The van der Waals surface area contributed by atoms with E-state index in [2.05, 4.69) is 74.9 Å². The highest BCUT2D eigenvalue weighted by Gasteiger charge is 2.15. The quantitative estimate of drug-likeness (QED) is 0.337. The minimum absolute atomic E-state index is 0.158. The summed E-state index contributed by atoms with van der Waals surface area (Å²) >= 11 is 1.81. The predicted octanol–water partition coefficient (Wildman–Crippen LogP) is 5.60. The summed E-state index contributed by atoms with van der Waals surface area (Å²) in [5.41, 5.74) is 4.67. The lowest BCUT2D eigenvalue weighted by Gasteiger charge is -2.11. The molecule has 34 heavy (non-hydrogen) atoms. The van der Waals surface area contributed by atoms with E-state index in [9.17, 15) is 4.79 Å². The molecule has 0 bridgehead atoms. The Kier molecular flexibility index (Phi) is 5.16. The van der Waals surface area contributed by atoms with Gasteiger partial charge in [0.2, 0.25) is 0 Å². The van der Waals surface area contributed by atoms with Crippen LogP contribution in [0.5, 0.6) is 0 Å². The fraction of sp³-hybridized carbons (Fsp3) is 0.0741. The minimum Gasteiger partial charge on any atom is -0.350 e. The van der Waals surface area contributed by atoms with Crippen molar-refractivity contribution in [1.29, 1.82) is 0 Å². The zero-order chi connectivity index (χ0) is 22.9. The van der Waals surface area contributed by atoms with Crippen molar-refractivity contribution in [2.75, 3.05) is 6.54 Å². The van der Waals surface area contributed by atoms with Crippen LogP contribution in [0, 0.1) is 0 Å². The third kappa shape index (κ3) is 3.66. The Hall–Kier alpha value is -4.23. The van der Waals surface area contributed by atoms with Crippen molar-refractivity contribution >= 4 is 37.4 Å². The Labute approximate surface area is 199 Å². The van der Waals surface area contributed by atoms with Crippen LogP contribution in [0.25, 0.3) is 37.0 Å². The molecule has 1 amide bonds. The fourth-order valence-electron chi connectivity index (χ4n) is 4.29. The first-order valence-corrected chi connectivity index (χ1v) is 11.9. The molecule has 0 spiro atoms. The van der Waals surface area contributed by atoms with Gasteiger partial charge in [0.05, 0.1) is 18.9 Å². The Morgan fingerprint density at radius 2 is 1.85 bits per heavy atom. The van der Waals surface area contributed by atoms with Crippen LogP contribution in [0.1, 0.15) is 16.2 Å². The predicted molar refractivity (Wildman–Crippen MR) is 137 cm³/mol. The Bertz CT molecular complexity index is 1610. The number of hydrogen-bond acceptors (Lipinski definition) is 4. The van der Waals surface area contributed by atoms with Gasteiger partial charge in [-0.3, -0.25) is 9.36 Å². The van der Waals surface area contributed by atoms with Crippen LogP contribution < -0.4 is 5.32 Å². The molecule has 7 heteroatoms. The number of carbonyl (C=O) groups is 1. The third-order valence-electron chi connectivity index (χ3n) is 5.95. The van der Waals surface area contributed by atoms with Crippen molar-refractivity contribution in [3.63, 3.8) is 0 Å². The van der Waals surface area contributed by atoms with Crippen LogP contribution in [0.4, 0.5) is 0 Å². The second-order valence-electron chi connectivity index (χ2n) is 8.06. The maximum absolute atomic E-state index is 12.9. The van der Waals surface area contributed by atoms with Crippen LogP contribution >= 0.6 is 11.3 Å². The lowest BCUT2D eigenvalue weighted by Crippen LogP contribution is -2.27. The zero-order valence-corrected chi connectivity index (χ0v) is 19.0. The standard InChI is InChI=1S/C27H21N5OS/c33-27(30-12-11-19-14-28-16-31-19)24-15-29-17-32(24)20-6-3-5-18(13-20)21-8-4-9-23-22-7-1-2-10-25(22)34-26(21)23/h1-10,13-17H,11-12H2,(H,28,31)(H,30,33). The molecule has 0 unspecified atom stereocenters. The molecule has 0 saturated carbocycles. The number of amides is 1. The van der Waals surface area contributed by atoms with E-state index in [-0.39, 0.29) is 5.91 Å². The lowest BCUT2D eigenvalue weighted by molar-refractivity contribution is 0.0947. The van der Waals surface area contributed by atoms with Gasteiger partial charge in [0.1, 0.15) is 5.69 Å². The highest BCUT2D eigenvalue weighted by Crippen LogP contribution is 2.40. The Morgan fingerprint density at radius 3 is 2.76 bits per heavy atom. The maximum atomic E-state index is 12.9. The van der Waals surface area contributed by atoms with Crippen LogP contribution in [-0.2, 0) is 6.42 Å². The molecule has 2 N–H and O–H groups in total. The largest absolute Gasteiger partial charge is 0.350 e. The van der Waals surface area contributed by atoms with Gasteiger partial charge in [0.25, 0.3) is 5.91 Å². The van der Waals surface area contributed by atoms with E-state index in [4.69, 9.17) is 0 Å². The number of nitrogens with zero attached hydrogens (tertiary/aromatic N) is 3. The number of imidazole rings is 2. The summed E-state index contributed by atoms with van der Waals surface area (Å²) in [5.74, 6) is -0.158. The Balaban J connectivity index is 1.32. The number of rotatable bonds is 6. The summed E-state index contributed by atoms with van der Waals surface area (Å²) in [7, 11) is 0. The van der Waals surface area contributed by atoms with Crippen LogP contribution in [-0.4, -0.2) is 32.0 Å². The molecule has 0 fully saturated rings. The number of aromatic amines is 1. The van der Waals surface area contributed by atoms with Crippen molar-refractivity contribution in [3.8, 4) is 16.8 Å². The number of hydrogen-bond donors (Lipinski definition) is 2. The summed E-state index contributed by atoms with van der Waals surface area (Å²) in [6, 6.07) is 23.2. The average molecular weight is 464 g/mol. The number of nitrogens with one attached hydrogen (secondary N) is 2. The number of thiophene rings is 1. The smallest absolute Gasteiger partial charge is 0.269 e. The molecule has 0 aliphatic heterocycles. The maximum Gasteiger partial charge on any atom is 0.269 e. The van der Waals surface area contributed by atoms with Gasteiger partial charge >= 0.3 is 0 Å². The summed E-state index contributed by atoms with van der Waals surface area (Å²) in [6.45, 7) is 0.514. The van der Waals surface area contributed by atoms with Crippen molar-refractivity contribution in [2.45, 2.75) is 6.42 Å². The first-order valence-electron chi connectivity index (χ1n) is 11.1. The van der Waals surface area contributed by atoms with Gasteiger partial charge in [-0.05, 0) is 29.3 Å². The van der Waals surface area contributed by atoms with Crippen molar-refractivity contribution in [2.24, 2.45) is 0 Å². The van der Waals surface area contributed by atoms with E-state index in [0.717, 1.165) is 16.9 Å². The topological polar surface area (TPSA) is 75.6 Å². The molecular weight excluding hydrogens is 442 g/mol. The molecule has 0 radical (unpaired) electrons. The number of benzene rings is 3. The van der Waals surface area contributed by atoms with E-state index in [1.54, 1.807) is 25.0 Å². The average Bonchev–Trinajstić information content (AvgIpc) is 3.63. The molecular formula is C27H21N5OS. The van der Waals surface area contributed by atoms with E-state index < -0.39 is 0 Å². The Morgan fingerprint density at radius 1 is 0.971 bits per heavy atom. The normalized spacial score (nSPS) is 11.3. The highest BCUT2D eigenvalue weighted by atomic mass is 32.1. The fourth-order valence-corrected chi connectivity index (χ4v) is 5.53. The zero-order valence-electron chi connectivity index (χ0n) is 18.2. The van der Waals surface area contributed by atoms with E-state index in [1.165, 1.54) is 25.7 Å². The van der Waals surface area contributed by atoms with Gasteiger partial charge in [-0.15, -0.1) is 11.3 Å². The molecule has 0 atom stereocenters. The van der Waals surface area contributed by atoms with Gasteiger partial charge in [0, 0.05) is 50.7 Å². The molecule has 3 aromatic heterocycles. The van der Waals surface area contributed by atoms with Gasteiger partial charge in [-0.2, -0.15) is 0 Å². The molecule has 0 aliphatic carbocycles. The van der Waals surface area contributed by atoms with Crippen molar-refractivity contribution in [3.05, 3.63) is 103 Å². The summed E-state index contributed by atoms with van der Waals surface area (Å²) < 4.78 is 4.38. The monoisotopic (exact) mass is 463 g/mol. The molecule has 6 rings (SSSR count). The van der Waals surface area contributed by atoms with Crippen LogP contribution in [0.2, 0.25) is 0 Å². The molecule has 0 aliphatic rings. The molecule has 0 saturated heterocycles.